The van der Waals surface area contributed by atoms with Crippen molar-refractivity contribution < 1.29 is 41.6 Å². The van der Waals surface area contributed by atoms with Crippen molar-refractivity contribution in [3.05, 3.63) is 24.3 Å². The molecule has 9 nitrogen and oxygen atoms in total. The van der Waals surface area contributed by atoms with Crippen molar-refractivity contribution in [2.45, 2.75) is 26.0 Å². The summed E-state index contributed by atoms with van der Waals surface area (Å²) in [5.41, 5.74) is 0.206. The number of esters is 3. The normalized spacial score (nSPS) is 12.2. The van der Waals surface area contributed by atoms with Gasteiger partial charge in [-0.05, 0) is 20.8 Å². The Kier molecular flexibility index (Phi) is 9.07. The third-order valence-electron chi connectivity index (χ3n) is 2.83. The largest absolute Gasteiger partial charge is 0.464 e. The van der Waals surface area contributed by atoms with Crippen molar-refractivity contribution in [1.29, 1.82) is 0 Å². The molecular formula is C15H22O9S. The number of rotatable bonds is 10. The second-order valence-electron chi connectivity index (χ2n) is 5.41. The monoisotopic (exact) mass is 378 g/mol. The molecule has 0 aliphatic rings. The van der Waals surface area contributed by atoms with E-state index in [1.807, 2.05) is 0 Å². The molecule has 0 aliphatic carbocycles. The Morgan fingerprint density at radius 3 is 1.64 bits per heavy atom. The molecule has 0 aromatic rings. The molecule has 1 atom stereocenters. The van der Waals surface area contributed by atoms with Gasteiger partial charge in [0.05, 0.1) is 0 Å². The molecule has 0 radical (unpaired) electrons. The van der Waals surface area contributed by atoms with Crippen LogP contribution in [-0.4, -0.2) is 55.9 Å². The van der Waals surface area contributed by atoms with Gasteiger partial charge in [-0.1, -0.05) is 13.2 Å². The lowest BCUT2D eigenvalue weighted by molar-refractivity contribution is -0.158. The minimum atomic E-state index is -4.37. The highest BCUT2D eigenvalue weighted by molar-refractivity contribution is 7.86. The molecule has 0 heterocycles. The zero-order valence-electron chi connectivity index (χ0n) is 14.3. The van der Waals surface area contributed by atoms with Crippen molar-refractivity contribution >= 4 is 28.0 Å². The highest BCUT2D eigenvalue weighted by atomic mass is 32.2. The molecule has 0 fully saturated rings. The van der Waals surface area contributed by atoms with Crippen LogP contribution >= 0.6 is 0 Å². The smallest absolute Gasteiger partial charge is 0.333 e. The summed E-state index contributed by atoms with van der Waals surface area (Å²) in [6.45, 7) is 9.17. The Morgan fingerprint density at radius 1 is 0.920 bits per heavy atom. The summed E-state index contributed by atoms with van der Waals surface area (Å²) in [5.74, 6) is -3.65. The first kappa shape index (κ1) is 22.8. The Hall–Kier alpha value is -2.20. The van der Waals surface area contributed by atoms with Crippen LogP contribution in [0.5, 0.6) is 0 Å². The van der Waals surface area contributed by atoms with Crippen molar-refractivity contribution in [3.63, 3.8) is 0 Å². The van der Waals surface area contributed by atoms with E-state index in [0.717, 1.165) is 6.92 Å². The van der Waals surface area contributed by atoms with Gasteiger partial charge in [0.1, 0.15) is 31.0 Å². The van der Waals surface area contributed by atoms with E-state index in [-0.39, 0.29) is 11.1 Å². The predicted octanol–water partition coefficient (Wildman–Crippen LogP) is 0.661. The molecule has 0 saturated heterocycles. The first-order valence-corrected chi connectivity index (χ1v) is 8.64. The molecule has 0 aromatic carbocycles. The van der Waals surface area contributed by atoms with E-state index in [2.05, 4.69) is 13.2 Å². The SMILES string of the molecule is C=C(C)C(=O)OCC(COC(=O)C(=C)C)C(=O)OCC(C)S(=O)(=O)O. The number of carbonyl (C=O) groups is 3. The fourth-order valence-electron chi connectivity index (χ4n) is 1.19. The van der Waals surface area contributed by atoms with Gasteiger partial charge in [0.25, 0.3) is 10.1 Å². The van der Waals surface area contributed by atoms with Gasteiger partial charge in [0, 0.05) is 11.1 Å². The zero-order chi connectivity index (χ0) is 19.8. The Bertz CT molecular complexity index is 618. The molecule has 0 amide bonds. The maximum Gasteiger partial charge on any atom is 0.333 e. The van der Waals surface area contributed by atoms with Crippen LogP contribution < -0.4 is 0 Å². The third kappa shape index (κ3) is 9.01. The Labute approximate surface area is 146 Å². The maximum absolute atomic E-state index is 12.0. The fourth-order valence-corrected chi connectivity index (χ4v) is 1.43. The average Bonchev–Trinajstić information content (AvgIpc) is 2.50. The maximum atomic E-state index is 12.0. The second kappa shape index (κ2) is 9.94. The van der Waals surface area contributed by atoms with Crippen molar-refractivity contribution in [2.24, 2.45) is 5.92 Å². The van der Waals surface area contributed by atoms with Crippen LogP contribution in [0.1, 0.15) is 20.8 Å². The van der Waals surface area contributed by atoms with Gasteiger partial charge < -0.3 is 14.2 Å². The quantitative estimate of drug-likeness (QED) is 0.252. The van der Waals surface area contributed by atoms with Gasteiger partial charge in [-0.3, -0.25) is 9.35 Å². The molecule has 25 heavy (non-hydrogen) atoms. The number of hydrogen-bond acceptors (Lipinski definition) is 8. The molecule has 0 rings (SSSR count). The minimum Gasteiger partial charge on any atom is -0.464 e. The molecular weight excluding hydrogens is 356 g/mol. The lowest BCUT2D eigenvalue weighted by Crippen LogP contribution is -2.32. The van der Waals surface area contributed by atoms with Crippen LogP contribution in [-0.2, 0) is 38.7 Å². The lowest BCUT2D eigenvalue weighted by atomic mass is 10.2. The summed E-state index contributed by atoms with van der Waals surface area (Å²) < 4.78 is 45.1. The van der Waals surface area contributed by atoms with Gasteiger partial charge in [-0.15, -0.1) is 0 Å². The van der Waals surface area contributed by atoms with Crippen LogP contribution in [0, 0.1) is 5.92 Å². The van der Waals surface area contributed by atoms with Crippen LogP contribution in [0.25, 0.3) is 0 Å². The van der Waals surface area contributed by atoms with E-state index < -0.39 is 59.0 Å². The van der Waals surface area contributed by atoms with Gasteiger partial charge in [0.15, 0.2) is 0 Å². The van der Waals surface area contributed by atoms with E-state index in [4.69, 9.17) is 18.8 Å². The van der Waals surface area contributed by atoms with Crippen LogP contribution in [0.3, 0.4) is 0 Å². The number of carbonyl (C=O) groups excluding carboxylic acids is 3. The molecule has 0 aliphatic heterocycles. The molecule has 0 saturated carbocycles. The van der Waals surface area contributed by atoms with E-state index in [0.29, 0.717) is 0 Å². The Morgan fingerprint density at radius 2 is 1.32 bits per heavy atom. The standard InChI is InChI=1S/C15H22O9S/c1-9(2)13(16)23-7-12(8-24-14(17)10(3)4)15(18)22-6-11(5)25(19,20)21/h11-12H,1,3,6-8H2,2,4-5H3,(H,19,20,21). The van der Waals surface area contributed by atoms with Crippen molar-refractivity contribution in [1.82, 2.24) is 0 Å². The van der Waals surface area contributed by atoms with Crippen molar-refractivity contribution in [3.8, 4) is 0 Å². The second-order valence-corrected chi connectivity index (χ2v) is 7.24. The lowest BCUT2D eigenvalue weighted by Gasteiger charge is -2.17. The minimum absolute atomic E-state index is 0.103. The van der Waals surface area contributed by atoms with Gasteiger partial charge >= 0.3 is 17.9 Å². The van der Waals surface area contributed by atoms with Crippen LogP contribution in [0.2, 0.25) is 0 Å². The fraction of sp³-hybridized carbons (Fsp3) is 0.533. The molecule has 0 aromatic heterocycles. The number of hydrogen-bond donors (Lipinski definition) is 1. The van der Waals surface area contributed by atoms with Crippen LogP contribution in [0.15, 0.2) is 24.3 Å². The van der Waals surface area contributed by atoms with Gasteiger partial charge in [-0.25, -0.2) is 9.59 Å². The third-order valence-corrected chi connectivity index (χ3v) is 3.98. The predicted molar refractivity (Wildman–Crippen MR) is 87.0 cm³/mol. The zero-order valence-corrected chi connectivity index (χ0v) is 15.1. The molecule has 0 spiro atoms. The van der Waals surface area contributed by atoms with E-state index >= 15 is 0 Å². The van der Waals surface area contributed by atoms with Crippen molar-refractivity contribution in [2.75, 3.05) is 19.8 Å². The average molecular weight is 378 g/mol. The summed E-state index contributed by atoms with van der Waals surface area (Å²) in [6.07, 6.45) is 0. The molecule has 1 unspecified atom stereocenters. The number of ether oxygens (including phenoxy) is 3. The Balaban J connectivity index is 4.87. The van der Waals surface area contributed by atoms with E-state index in [1.165, 1.54) is 13.8 Å². The summed E-state index contributed by atoms with van der Waals surface area (Å²) >= 11 is 0. The first-order valence-electron chi connectivity index (χ1n) is 7.14. The summed E-state index contributed by atoms with van der Waals surface area (Å²) in [6, 6.07) is 0. The van der Waals surface area contributed by atoms with Crippen LogP contribution in [0.4, 0.5) is 0 Å². The van der Waals surface area contributed by atoms with Gasteiger partial charge in [0.2, 0.25) is 0 Å². The molecule has 10 heteroatoms. The summed E-state index contributed by atoms with van der Waals surface area (Å²) in [5, 5.41) is -1.34. The highest BCUT2D eigenvalue weighted by Crippen LogP contribution is 2.08. The molecule has 142 valence electrons. The van der Waals surface area contributed by atoms with E-state index in [1.54, 1.807) is 0 Å². The first-order chi connectivity index (χ1) is 11.4. The molecule has 0 bridgehead atoms. The van der Waals surface area contributed by atoms with Gasteiger partial charge in [-0.2, -0.15) is 8.42 Å². The van der Waals surface area contributed by atoms with E-state index in [9.17, 15) is 22.8 Å². The molecule has 1 N–H and O–H groups in total. The summed E-state index contributed by atoms with van der Waals surface area (Å²) in [7, 11) is -4.37. The summed E-state index contributed by atoms with van der Waals surface area (Å²) in [4.78, 5) is 34.8. The topological polar surface area (TPSA) is 133 Å². The highest BCUT2D eigenvalue weighted by Gasteiger charge is 2.27.